The van der Waals surface area contributed by atoms with Crippen molar-refractivity contribution in [2.24, 2.45) is 16.1 Å². The van der Waals surface area contributed by atoms with E-state index in [2.05, 4.69) is 16.1 Å². The molecule has 0 aliphatic rings. The summed E-state index contributed by atoms with van der Waals surface area (Å²) in [6.07, 6.45) is 0.944. The molecule has 44 valence electrons. The number of nitrogens with one attached hydrogen (secondary N) is 1. The Morgan fingerprint density at radius 3 is 2.00 bits per heavy atom. The van der Waals surface area contributed by atoms with Gasteiger partial charge in [0.15, 0.2) is 6.34 Å². The number of hydrogen-bond donors (Lipinski definition) is 3. The molecule has 7 N–H and O–H groups in total. The molecule has 0 aromatic heterocycles. The Balaban J connectivity index is -0.0000000800. The summed E-state index contributed by atoms with van der Waals surface area (Å²) in [7, 11) is 0. The molecule has 0 aromatic rings. The molecule has 0 saturated heterocycles. The predicted molar refractivity (Wildman–Crippen MR) is 23.8 cm³/mol. The molecule has 0 unspecified atom stereocenters. The first kappa shape index (κ1) is 16.2. The molecule has 0 spiro atoms. The second kappa shape index (κ2) is 18.4. The average molecular weight is 126 g/mol. The van der Waals surface area contributed by atoms with Crippen LogP contribution in [0.4, 0.5) is 0 Å². The first-order valence-corrected chi connectivity index (χ1v) is 0.998. The number of nitrogens with two attached hydrogens (primary N) is 1. The fourth-order valence-corrected chi connectivity index (χ4v) is 0.0333. The molecule has 0 bridgehead atoms. The molecule has 0 heterocycles. The van der Waals surface area contributed by atoms with Gasteiger partial charge in [0.05, 0.1) is 0 Å². The lowest BCUT2D eigenvalue weighted by molar-refractivity contribution is -0.00000186. The minimum atomic E-state index is 0. The van der Waals surface area contributed by atoms with E-state index in [1.54, 1.807) is 0 Å². The van der Waals surface area contributed by atoms with Crippen LogP contribution in [0, 0.1) is 5.53 Å². The van der Waals surface area contributed by atoms with Crippen LogP contribution in [-0.4, -0.2) is 6.34 Å². The topological polar surface area (TPSA) is 111 Å². The van der Waals surface area contributed by atoms with Gasteiger partial charge >= 0.3 is 0 Å². The number of hydrazone groups is 1. The molecule has 7 heavy (non-hydrogen) atoms. The van der Waals surface area contributed by atoms with Gasteiger partial charge in [-0.15, -0.1) is 5.11 Å². The van der Waals surface area contributed by atoms with Gasteiger partial charge in [-0.25, -0.2) is 5.53 Å². The van der Waals surface area contributed by atoms with Crippen LogP contribution in [0.3, 0.4) is 0 Å². The summed E-state index contributed by atoms with van der Waals surface area (Å²) >= 11 is 0. The largest absolute Gasteiger partial charge is 1.00 e. The van der Waals surface area contributed by atoms with E-state index < -0.39 is 0 Å². The Morgan fingerprint density at radius 2 is 2.00 bits per heavy atom. The van der Waals surface area contributed by atoms with Crippen molar-refractivity contribution in [3.05, 3.63) is 0 Å². The lowest BCUT2D eigenvalue weighted by atomic mass is 11.4. The summed E-state index contributed by atoms with van der Waals surface area (Å²) in [5.41, 5.74) is 6.00. The molecule has 0 aliphatic heterocycles. The van der Waals surface area contributed by atoms with Gasteiger partial charge in [0.1, 0.15) is 0 Å². The minimum absolute atomic E-state index is 0. The normalized spacial score (nSPS) is 6.29. The number of halogens is 1. The fourth-order valence-electron chi connectivity index (χ4n) is 0.0333. The van der Waals surface area contributed by atoms with Gasteiger partial charge in [0.25, 0.3) is 0 Å². The van der Waals surface area contributed by atoms with Crippen molar-refractivity contribution < 1.29 is 12.4 Å². The summed E-state index contributed by atoms with van der Waals surface area (Å²) in [5, 5.41) is 5.56. The summed E-state index contributed by atoms with van der Waals surface area (Å²) in [6.45, 7) is 0. The van der Waals surface area contributed by atoms with Gasteiger partial charge in [-0.3, -0.25) is 0 Å². The van der Waals surface area contributed by atoms with E-state index in [1.165, 1.54) is 0 Å². The zero-order valence-corrected chi connectivity index (χ0v) is 4.68. The first-order chi connectivity index (χ1) is 2.41. The van der Waals surface area contributed by atoms with Crippen molar-refractivity contribution in [1.82, 2.24) is 6.15 Å². The molecule has 0 aromatic carbocycles. The Labute approximate surface area is 47.5 Å². The molecule has 0 atom stereocenters. The maximum Gasteiger partial charge on any atom is 0.156 e. The van der Waals surface area contributed by atoms with Crippen molar-refractivity contribution >= 4 is 6.34 Å². The third-order valence-electron chi connectivity index (χ3n) is 0.124. The fraction of sp³-hybridized carbons (Fsp3) is 0. The highest BCUT2D eigenvalue weighted by Crippen LogP contribution is 1.44. The maximum absolute atomic E-state index is 6.00. The van der Waals surface area contributed by atoms with Gasteiger partial charge in [-0.2, -0.15) is 5.10 Å². The molecule has 0 radical (unpaired) electrons. The monoisotopic (exact) mass is 125 g/mol. The van der Waals surface area contributed by atoms with E-state index in [-0.39, 0.29) is 18.6 Å². The van der Waals surface area contributed by atoms with E-state index in [4.69, 9.17) is 5.53 Å². The highest BCUT2D eigenvalue weighted by atomic mass is 35.5. The second-order valence-corrected chi connectivity index (χ2v) is 0.394. The van der Waals surface area contributed by atoms with Crippen LogP contribution in [-0.2, 0) is 0 Å². The average Bonchev–Trinajstić information content (AvgIpc) is 1.41. The van der Waals surface area contributed by atoms with Crippen LogP contribution in [0.1, 0.15) is 0 Å². The van der Waals surface area contributed by atoms with Gasteiger partial charge in [0.2, 0.25) is 0 Å². The first-order valence-electron chi connectivity index (χ1n) is 0.998. The highest BCUT2D eigenvalue weighted by Gasteiger charge is 1.43. The Hall–Kier alpha value is -0.680. The van der Waals surface area contributed by atoms with Crippen LogP contribution >= 0.6 is 0 Å². The Kier molecular flexibility index (Phi) is 42.8. The third kappa shape index (κ3) is 33.7. The predicted octanol–water partition coefficient (Wildman–Crippen LogP) is -2.70. The van der Waals surface area contributed by atoms with Crippen LogP contribution in [0.25, 0.3) is 0 Å². The molecule has 0 amide bonds. The van der Waals surface area contributed by atoms with Crippen molar-refractivity contribution in [3.63, 3.8) is 0 Å². The van der Waals surface area contributed by atoms with E-state index in [1.807, 2.05) is 0 Å². The summed E-state index contributed by atoms with van der Waals surface area (Å²) in [5.74, 6) is 4.49. The second-order valence-electron chi connectivity index (χ2n) is 0.394. The number of rotatable bonds is 1. The number of nitrogens with zero attached hydrogens (tertiary/aromatic N) is 2. The molecule has 6 heteroatoms. The molecular weight excluding hydrogens is 117 g/mol. The summed E-state index contributed by atoms with van der Waals surface area (Å²) in [6, 6.07) is 0. The van der Waals surface area contributed by atoms with Crippen molar-refractivity contribution in [1.29, 1.82) is 5.53 Å². The van der Waals surface area contributed by atoms with Crippen molar-refractivity contribution in [2.75, 3.05) is 0 Å². The molecule has 0 aliphatic carbocycles. The van der Waals surface area contributed by atoms with Gasteiger partial charge < -0.3 is 24.4 Å². The standard InChI is InChI=1S/CH4N4.ClH.H3N/c2-4-1-5-3;;/h1-2H,3H2;1H;1H3. The Morgan fingerprint density at radius 1 is 1.57 bits per heavy atom. The van der Waals surface area contributed by atoms with Crippen molar-refractivity contribution in [2.45, 2.75) is 0 Å². The number of quaternary nitrogens is 1. The molecule has 0 saturated carbocycles. The van der Waals surface area contributed by atoms with E-state index >= 15 is 0 Å². The van der Waals surface area contributed by atoms with Gasteiger partial charge in [-0.1, -0.05) is 0 Å². The van der Waals surface area contributed by atoms with E-state index in [0.717, 1.165) is 6.34 Å². The maximum atomic E-state index is 6.00. The lowest BCUT2D eigenvalue weighted by Crippen LogP contribution is -3.00. The third-order valence-corrected chi connectivity index (χ3v) is 0.124. The van der Waals surface area contributed by atoms with Gasteiger partial charge in [-0.05, 0) is 0 Å². The van der Waals surface area contributed by atoms with Crippen LogP contribution in [0.15, 0.2) is 10.2 Å². The SMILES string of the molecule is N=NC=NN.[Cl-].[NH4+]. The van der Waals surface area contributed by atoms with Crippen LogP contribution < -0.4 is 24.4 Å². The molecule has 0 rings (SSSR count). The molecular formula is CH8ClN5. The number of hydrogen-bond acceptors (Lipinski definition) is 3. The zero-order valence-electron chi connectivity index (χ0n) is 3.93. The van der Waals surface area contributed by atoms with E-state index in [0.29, 0.717) is 0 Å². The van der Waals surface area contributed by atoms with Crippen LogP contribution in [0.2, 0.25) is 0 Å². The van der Waals surface area contributed by atoms with Gasteiger partial charge in [0, 0.05) is 0 Å². The summed E-state index contributed by atoms with van der Waals surface area (Å²) < 4.78 is 0. The Bertz CT molecular complexity index is 50.0. The smallest absolute Gasteiger partial charge is 0.156 e. The van der Waals surface area contributed by atoms with E-state index in [9.17, 15) is 0 Å². The minimum Gasteiger partial charge on any atom is -1.00 e. The summed E-state index contributed by atoms with van der Waals surface area (Å²) in [4.78, 5) is 0. The quantitative estimate of drug-likeness (QED) is 0.114. The van der Waals surface area contributed by atoms with Crippen LogP contribution in [0.5, 0.6) is 0 Å². The molecule has 5 nitrogen and oxygen atoms in total. The zero-order chi connectivity index (χ0) is 4.12. The molecule has 0 fully saturated rings. The highest BCUT2D eigenvalue weighted by molar-refractivity contribution is 5.52. The van der Waals surface area contributed by atoms with Crippen molar-refractivity contribution in [3.8, 4) is 0 Å². The lowest BCUT2D eigenvalue weighted by Gasteiger charge is -1.58.